The van der Waals surface area contributed by atoms with E-state index in [4.69, 9.17) is 27.9 Å². The lowest BCUT2D eigenvalue weighted by Crippen LogP contribution is -2.25. The normalized spacial score (nSPS) is 20.4. The molecule has 1 atom stereocenters. The van der Waals surface area contributed by atoms with Crippen LogP contribution in [0, 0.1) is 5.41 Å². The summed E-state index contributed by atoms with van der Waals surface area (Å²) in [5, 5.41) is 0.692. The summed E-state index contributed by atoms with van der Waals surface area (Å²) in [5.74, 6) is 0.779. The van der Waals surface area contributed by atoms with Gasteiger partial charge in [0.05, 0.1) is 12.5 Å². The highest BCUT2D eigenvalue weighted by atomic mass is 35.5. The highest BCUT2D eigenvalue weighted by Gasteiger charge is 2.36. The number of hydrogen-bond acceptors (Lipinski definition) is 1. The van der Waals surface area contributed by atoms with Crippen LogP contribution < -0.4 is 4.74 Å². The van der Waals surface area contributed by atoms with E-state index in [1.807, 2.05) is 18.2 Å². The maximum atomic E-state index is 6.70. The van der Waals surface area contributed by atoms with Crippen molar-refractivity contribution in [1.29, 1.82) is 0 Å². The molecule has 1 fully saturated rings. The molecule has 1 unspecified atom stereocenters. The molecule has 1 saturated carbocycles. The first kappa shape index (κ1) is 14.0. The Hall–Kier alpha value is -0.400. The summed E-state index contributed by atoms with van der Waals surface area (Å²) >= 11 is 13.0. The Morgan fingerprint density at radius 3 is 2.44 bits per heavy atom. The Bertz CT molecular complexity index is 411. The highest BCUT2D eigenvalue weighted by molar-refractivity contribution is 6.33. The molecule has 0 radical (unpaired) electrons. The van der Waals surface area contributed by atoms with Gasteiger partial charge >= 0.3 is 0 Å². The second-order valence-corrected chi connectivity index (χ2v) is 6.31. The average Bonchev–Trinajstić information content (AvgIpc) is 2.38. The summed E-state index contributed by atoms with van der Waals surface area (Å²) in [6, 6.07) is 5.78. The van der Waals surface area contributed by atoms with E-state index in [1.54, 1.807) is 7.11 Å². The van der Waals surface area contributed by atoms with E-state index < -0.39 is 0 Å². The minimum atomic E-state index is -0.0174. The fraction of sp³-hybridized carbons (Fsp3) is 0.600. The van der Waals surface area contributed by atoms with Crippen LogP contribution in [0.2, 0.25) is 5.02 Å². The smallest absolute Gasteiger partial charge is 0.120 e. The number of methoxy groups -OCH3 is 1. The third-order valence-electron chi connectivity index (χ3n) is 4.09. The average molecular weight is 287 g/mol. The first-order valence-corrected chi connectivity index (χ1v) is 7.36. The van der Waals surface area contributed by atoms with Crippen LogP contribution in [0.4, 0.5) is 0 Å². The molecular weight excluding hydrogens is 267 g/mol. The lowest BCUT2D eigenvalue weighted by atomic mass is 9.71. The van der Waals surface area contributed by atoms with E-state index in [-0.39, 0.29) is 10.8 Å². The van der Waals surface area contributed by atoms with E-state index in [1.165, 1.54) is 32.1 Å². The van der Waals surface area contributed by atoms with Crippen molar-refractivity contribution in [2.45, 2.75) is 44.4 Å². The highest BCUT2D eigenvalue weighted by Crippen LogP contribution is 2.50. The molecule has 100 valence electrons. The van der Waals surface area contributed by atoms with Gasteiger partial charge < -0.3 is 4.74 Å². The van der Waals surface area contributed by atoms with Crippen molar-refractivity contribution in [3.8, 4) is 5.75 Å². The fourth-order valence-corrected chi connectivity index (χ4v) is 3.57. The molecule has 3 heteroatoms. The fourth-order valence-electron chi connectivity index (χ4n) is 2.83. The van der Waals surface area contributed by atoms with Crippen molar-refractivity contribution in [3.05, 3.63) is 28.8 Å². The second-order valence-electron chi connectivity index (χ2n) is 5.46. The van der Waals surface area contributed by atoms with Crippen LogP contribution in [0.5, 0.6) is 5.75 Å². The number of ether oxygens (including phenoxy) is 1. The van der Waals surface area contributed by atoms with Gasteiger partial charge in [0, 0.05) is 5.02 Å². The Kier molecular flexibility index (Phi) is 4.45. The molecule has 0 N–H and O–H groups in total. The van der Waals surface area contributed by atoms with E-state index in [0.29, 0.717) is 5.02 Å². The molecular formula is C15H20Cl2O. The SMILES string of the molecule is COc1ccc(C(Cl)C2(C)CCCCC2)c(Cl)c1. The molecule has 0 heterocycles. The van der Waals surface area contributed by atoms with Crippen LogP contribution >= 0.6 is 23.2 Å². The standard InChI is InChI=1S/C15H20Cl2O/c1-15(8-4-3-5-9-15)14(17)12-7-6-11(18-2)10-13(12)16/h6-7,10,14H,3-5,8-9H2,1-2H3. The molecule has 1 nitrogen and oxygen atoms in total. The summed E-state index contributed by atoms with van der Waals surface area (Å²) in [6.07, 6.45) is 6.24. The number of hydrogen-bond donors (Lipinski definition) is 0. The molecule has 1 aromatic carbocycles. The van der Waals surface area contributed by atoms with Gasteiger partial charge in [-0.15, -0.1) is 11.6 Å². The topological polar surface area (TPSA) is 9.23 Å². The zero-order valence-electron chi connectivity index (χ0n) is 11.0. The zero-order valence-corrected chi connectivity index (χ0v) is 12.5. The Morgan fingerprint density at radius 1 is 1.22 bits per heavy atom. The van der Waals surface area contributed by atoms with Crippen molar-refractivity contribution >= 4 is 23.2 Å². The van der Waals surface area contributed by atoms with Gasteiger partial charge in [-0.05, 0) is 36.0 Å². The van der Waals surface area contributed by atoms with Gasteiger partial charge in [-0.25, -0.2) is 0 Å². The van der Waals surface area contributed by atoms with Crippen LogP contribution in [-0.4, -0.2) is 7.11 Å². The molecule has 2 rings (SSSR count). The summed E-state index contributed by atoms with van der Waals surface area (Å²) in [7, 11) is 1.64. The van der Waals surface area contributed by atoms with E-state index in [0.717, 1.165) is 11.3 Å². The number of benzene rings is 1. The van der Waals surface area contributed by atoms with Gasteiger partial charge in [0.2, 0.25) is 0 Å². The van der Waals surface area contributed by atoms with E-state index >= 15 is 0 Å². The van der Waals surface area contributed by atoms with E-state index in [2.05, 4.69) is 6.92 Å². The predicted molar refractivity (Wildman–Crippen MR) is 77.8 cm³/mol. The molecule has 0 aliphatic heterocycles. The van der Waals surface area contributed by atoms with Crippen LogP contribution in [0.3, 0.4) is 0 Å². The van der Waals surface area contributed by atoms with Gasteiger partial charge in [-0.3, -0.25) is 0 Å². The van der Waals surface area contributed by atoms with Gasteiger partial charge in [-0.1, -0.05) is 43.9 Å². The largest absolute Gasteiger partial charge is 0.497 e. The summed E-state index contributed by atoms with van der Waals surface area (Å²) in [4.78, 5) is 0. The molecule has 0 amide bonds. The van der Waals surface area contributed by atoms with Crippen molar-refractivity contribution in [1.82, 2.24) is 0 Å². The monoisotopic (exact) mass is 286 g/mol. The van der Waals surface area contributed by atoms with Crippen molar-refractivity contribution in [3.63, 3.8) is 0 Å². The number of alkyl halides is 1. The molecule has 18 heavy (non-hydrogen) atoms. The lowest BCUT2D eigenvalue weighted by molar-refractivity contribution is 0.206. The third kappa shape index (κ3) is 2.78. The number of halogens is 2. The van der Waals surface area contributed by atoms with Crippen molar-refractivity contribution in [2.24, 2.45) is 5.41 Å². The molecule has 0 aromatic heterocycles. The van der Waals surface area contributed by atoms with Gasteiger partial charge in [0.1, 0.15) is 5.75 Å². The van der Waals surface area contributed by atoms with Gasteiger partial charge in [-0.2, -0.15) is 0 Å². The number of rotatable bonds is 3. The Balaban J connectivity index is 2.24. The molecule has 1 aromatic rings. The molecule has 1 aliphatic carbocycles. The van der Waals surface area contributed by atoms with Crippen LogP contribution in [0.25, 0.3) is 0 Å². The van der Waals surface area contributed by atoms with Crippen molar-refractivity contribution < 1.29 is 4.74 Å². The summed E-state index contributed by atoms with van der Waals surface area (Å²) < 4.78 is 5.17. The van der Waals surface area contributed by atoms with Crippen LogP contribution in [0.1, 0.15) is 50.0 Å². The molecule has 0 saturated heterocycles. The van der Waals surface area contributed by atoms with Crippen molar-refractivity contribution in [2.75, 3.05) is 7.11 Å². The Morgan fingerprint density at radius 2 is 1.89 bits per heavy atom. The summed E-state index contributed by atoms with van der Waals surface area (Å²) in [5.41, 5.74) is 1.20. The molecule has 0 spiro atoms. The molecule has 0 bridgehead atoms. The lowest BCUT2D eigenvalue weighted by Gasteiger charge is -2.38. The van der Waals surface area contributed by atoms with Gasteiger partial charge in [0.15, 0.2) is 0 Å². The van der Waals surface area contributed by atoms with Gasteiger partial charge in [0.25, 0.3) is 0 Å². The summed E-state index contributed by atoms with van der Waals surface area (Å²) in [6.45, 7) is 2.28. The minimum Gasteiger partial charge on any atom is -0.497 e. The first-order chi connectivity index (χ1) is 8.57. The maximum absolute atomic E-state index is 6.70. The third-order valence-corrected chi connectivity index (χ3v) is 5.18. The quantitative estimate of drug-likeness (QED) is 0.657. The molecule has 1 aliphatic rings. The Labute approximate surface area is 119 Å². The second kappa shape index (κ2) is 5.71. The van der Waals surface area contributed by atoms with E-state index in [9.17, 15) is 0 Å². The first-order valence-electron chi connectivity index (χ1n) is 6.54. The van der Waals surface area contributed by atoms with Crippen LogP contribution in [-0.2, 0) is 0 Å². The predicted octanol–water partition coefficient (Wildman–Crippen LogP) is 5.60. The maximum Gasteiger partial charge on any atom is 0.120 e. The minimum absolute atomic E-state index is 0.0174. The zero-order chi connectivity index (χ0) is 13.2. The van der Waals surface area contributed by atoms with Crippen LogP contribution in [0.15, 0.2) is 18.2 Å².